The van der Waals surface area contributed by atoms with Crippen molar-refractivity contribution in [1.82, 2.24) is 5.32 Å². The maximum absolute atomic E-state index is 12.8. The Labute approximate surface area is 141 Å². The molecule has 1 aliphatic rings. The lowest BCUT2D eigenvalue weighted by atomic mass is 10.0. The second-order valence-electron chi connectivity index (χ2n) is 6.02. The van der Waals surface area contributed by atoms with Gasteiger partial charge in [-0.05, 0) is 30.9 Å². The van der Waals surface area contributed by atoms with Crippen molar-refractivity contribution in [3.8, 4) is 12.3 Å². The summed E-state index contributed by atoms with van der Waals surface area (Å²) in [6.07, 6.45) is 6.01. The van der Waals surface area contributed by atoms with Crippen LogP contribution in [0, 0.1) is 12.3 Å². The fourth-order valence-corrected chi connectivity index (χ4v) is 4.50. The lowest BCUT2D eigenvalue weighted by Crippen LogP contribution is -2.49. The number of terminal acetylenes is 1. The van der Waals surface area contributed by atoms with Crippen LogP contribution in [0.4, 0.5) is 5.69 Å². The van der Waals surface area contributed by atoms with Gasteiger partial charge in [0.2, 0.25) is 5.91 Å². The van der Waals surface area contributed by atoms with Crippen molar-refractivity contribution in [2.24, 2.45) is 0 Å². The van der Waals surface area contributed by atoms with Crippen molar-refractivity contribution in [3.05, 3.63) is 36.4 Å². The zero-order chi connectivity index (χ0) is 17.5. The van der Waals surface area contributed by atoms with E-state index in [0.717, 1.165) is 9.69 Å². The maximum Gasteiger partial charge on any atom is 0.265 e. The van der Waals surface area contributed by atoms with Gasteiger partial charge in [0.1, 0.15) is 6.54 Å². The third-order valence-corrected chi connectivity index (χ3v) is 6.21. The van der Waals surface area contributed by atoms with Gasteiger partial charge in [0.25, 0.3) is 10.0 Å². The molecule has 2 aromatic rings. The molecule has 24 heavy (non-hydrogen) atoms. The summed E-state index contributed by atoms with van der Waals surface area (Å²) in [6.45, 7) is 3.30. The zero-order valence-electron chi connectivity index (χ0n) is 13.5. The Hall–Kier alpha value is -2.52. The van der Waals surface area contributed by atoms with Gasteiger partial charge in [-0.2, -0.15) is 0 Å². The van der Waals surface area contributed by atoms with Crippen LogP contribution in [0.1, 0.15) is 20.3 Å². The van der Waals surface area contributed by atoms with Gasteiger partial charge in [-0.25, -0.2) is 8.42 Å². The smallest absolute Gasteiger partial charge is 0.265 e. The van der Waals surface area contributed by atoms with Crippen LogP contribution in [0.15, 0.2) is 41.3 Å². The van der Waals surface area contributed by atoms with Crippen molar-refractivity contribution >= 4 is 32.4 Å². The predicted octanol–water partition coefficient (Wildman–Crippen LogP) is 2.27. The second-order valence-corrected chi connectivity index (χ2v) is 7.85. The molecule has 1 heterocycles. The standard InChI is InChI=1S/C18H18N2O3S/c1-4-18(3,5-2)19-16(21)12-20-14-10-6-8-13-9-7-11-15(17(13)14)24(20,22)23/h1,6-11H,5,12H2,2-3H3,(H,19,21)/t18-/m1/s1. The number of nitrogens with zero attached hydrogens (tertiary/aromatic N) is 1. The molecule has 1 amide bonds. The van der Waals surface area contributed by atoms with E-state index in [-0.39, 0.29) is 11.4 Å². The highest BCUT2D eigenvalue weighted by Crippen LogP contribution is 2.41. The van der Waals surface area contributed by atoms with E-state index >= 15 is 0 Å². The van der Waals surface area contributed by atoms with Gasteiger partial charge in [0, 0.05) is 5.39 Å². The van der Waals surface area contributed by atoms with E-state index in [1.165, 1.54) is 0 Å². The van der Waals surface area contributed by atoms with Crippen LogP contribution < -0.4 is 9.62 Å². The van der Waals surface area contributed by atoms with Crippen LogP contribution >= 0.6 is 0 Å². The Morgan fingerprint density at radius 1 is 1.29 bits per heavy atom. The number of carbonyl (C=O) groups is 1. The van der Waals surface area contributed by atoms with Gasteiger partial charge >= 0.3 is 0 Å². The summed E-state index contributed by atoms with van der Waals surface area (Å²) in [7, 11) is -3.74. The molecule has 0 fully saturated rings. The van der Waals surface area contributed by atoms with Gasteiger partial charge in [-0.1, -0.05) is 37.1 Å². The fraction of sp³-hybridized carbons (Fsp3) is 0.278. The van der Waals surface area contributed by atoms with Gasteiger partial charge in [0.15, 0.2) is 0 Å². The molecular formula is C18H18N2O3S. The van der Waals surface area contributed by atoms with Gasteiger partial charge in [0.05, 0.1) is 16.1 Å². The summed E-state index contributed by atoms with van der Waals surface area (Å²) < 4.78 is 26.8. The van der Waals surface area contributed by atoms with Crippen LogP contribution in [-0.2, 0) is 14.8 Å². The fourth-order valence-electron chi connectivity index (χ4n) is 2.83. The second kappa shape index (κ2) is 5.53. The van der Waals surface area contributed by atoms with Crippen molar-refractivity contribution in [3.63, 3.8) is 0 Å². The molecule has 0 unspecified atom stereocenters. The third kappa shape index (κ3) is 2.42. The molecule has 0 saturated carbocycles. The summed E-state index contributed by atoms with van der Waals surface area (Å²) in [6, 6.07) is 10.5. The van der Waals surface area contributed by atoms with Crippen molar-refractivity contribution in [1.29, 1.82) is 0 Å². The SMILES string of the molecule is C#C[C@](C)(CC)NC(=O)CN1c2cccc3cccc(c23)S1(=O)=O. The molecule has 1 N–H and O–H groups in total. The molecule has 0 radical (unpaired) electrons. The molecule has 2 aromatic carbocycles. The average Bonchev–Trinajstić information content (AvgIpc) is 2.78. The quantitative estimate of drug-likeness (QED) is 0.867. The van der Waals surface area contributed by atoms with E-state index in [1.807, 2.05) is 19.1 Å². The van der Waals surface area contributed by atoms with E-state index in [9.17, 15) is 13.2 Å². The number of hydrogen-bond donors (Lipinski definition) is 1. The summed E-state index contributed by atoms with van der Waals surface area (Å²) >= 11 is 0. The van der Waals surface area contributed by atoms with Crippen molar-refractivity contribution in [2.75, 3.05) is 10.8 Å². The number of sulfonamides is 1. The highest BCUT2D eigenvalue weighted by atomic mass is 32.2. The molecule has 0 saturated heterocycles. The molecule has 124 valence electrons. The Kier molecular flexibility index (Phi) is 3.77. The molecule has 1 atom stereocenters. The van der Waals surface area contributed by atoms with Gasteiger partial charge in [-0.15, -0.1) is 6.42 Å². The van der Waals surface area contributed by atoms with Crippen LogP contribution in [0.3, 0.4) is 0 Å². The summed E-state index contributed by atoms with van der Waals surface area (Å²) in [5, 5.41) is 4.22. The molecule has 1 aliphatic heterocycles. The topological polar surface area (TPSA) is 66.5 Å². The molecule has 0 bridgehead atoms. The molecule has 6 heteroatoms. The minimum atomic E-state index is -3.74. The number of carbonyl (C=O) groups excluding carboxylic acids is 1. The normalized spacial score (nSPS) is 17.3. The predicted molar refractivity (Wildman–Crippen MR) is 94.2 cm³/mol. The first-order valence-electron chi connectivity index (χ1n) is 7.65. The van der Waals surface area contributed by atoms with E-state index < -0.39 is 21.5 Å². The highest BCUT2D eigenvalue weighted by Gasteiger charge is 2.37. The van der Waals surface area contributed by atoms with E-state index in [0.29, 0.717) is 17.5 Å². The molecule has 3 rings (SSSR count). The van der Waals surface area contributed by atoms with Crippen LogP contribution in [-0.4, -0.2) is 26.4 Å². The minimum Gasteiger partial charge on any atom is -0.338 e. The summed E-state index contributed by atoms with van der Waals surface area (Å²) in [5.41, 5.74) is -0.267. The number of rotatable bonds is 4. The van der Waals surface area contributed by atoms with Gasteiger partial charge in [-0.3, -0.25) is 9.10 Å². The Bertz CT molecular complexity index is 970. The van der Waals surface area contributed by atoms with E-state index in [2.05, 4.69) is 11.2 Å². The average molecular weight is 342 g/mol. The zero-order valence-corrected chi connectivity index (χ0v) is 14.4. The largest absolute Gasteiger partial charge is 0.338 e. The monoisotopic (exact) mass is 342 g/mol. The van der Waals surface area contributed by atoms with Crippen LogP contribution in [0.2, 0.25) is 0 Å². The molecule has 5 nitrogen and oxygen atoms in total. The van der Waals surface area contributed by atoms with E-state index in [4.69, 9.17) is 6.42 Å². The Balaban J connectivity index is 1.98. The number of nitrogens with one attached hydrogen (secondary N) is 1. The summed E-state index contributed by atoms with van der Waals surface area (Å²) in [5.74, 6) is 2.12. The highest BCUT2D eigenvalue weighted by molar-refractivity contribution is 7.93. The molecule has 0 aromatic heterocycles. The van der Waals surface area contributed by atoms with Gasteiger partial charge < -0.3 is 5.32 Å². The van der Waals surface area contributed by atoms with Crippen molar-refractivity contribution < 1.29 is 13.2 Å². The molecule has 0 spiro atoms. The van der Waals surface area contributed by atoms with E-state index in [1.54, 1.807) is 31.2 Å². The minimum absolute atomic E-state index is 0.235. The van der Waals surface area contributed by atoms with Crippen LogP contribution in [0.5, 0.6) is 0 Å². The molecule has 0 aliphatic carbocycles. The number of benzene rings is 2. The number of anilines is 1. The summed E-state index contributed by atoms with van der Waals surface area (Å²) in [4.78, 5) is 12.6. The first kappa shape index (κ1) is 16.3. The maximum atomic E-state index is 12.8. The first-order chi connectivity index (χ1) is 11.3. The number of amides is 1. The number of hydrogen-bond acceptors (Lipinski definition) is 3. The Morgan fingerprint density at radius 3 is 2.58 bits per heavy atom. The Morgan fingerprint density at radius 2 is 1.96 bits per heavy atom. The third-order valence-electron chi connectivity index (χ3n) is 4.41. The van der Waals surface area contributed by atoms with Crippen LogP contribution in [0.25, 0.3) is 10.8 Å². The van der Waals surface area contributed by atoms with Crippen molar-refractivity contribution in [2.45, 2.75) is 30.7 Å². The lowest BCUT2D eigenvalue weighted by Gasteiger charge is -2.25. The lowest BCUT2D eigenvalue weighted by molar-refractivity contribution is -0.120. The first-order valence-corrected chi connectivity index (χ1v) is 9.09. The molecular weight excluding hydrogens is 324 g/mol.